The molecule has 2 atom stereocenters. The second kappa shape index (κ2) is 8.13. The van der Waals surface area contributed by atoms with Crippen molar-refractivity contribution < 1.29 is 13.2 Å². The minimum Gasteiger partial charge on any atom is -0.316 e. The van der Waals surface area contributed by atoms with Crippen molar-refractivity contribution in [1.29, 1.82) is 0 Å². The summed E-state index contributed by atoms with van der Waals surface area (Å²) in [5, 5.41) is 0.600. The quantitative estimate of drug-likeness (QED) is 0.739. The van der Waals surface area contributed by atoms with Crippen LogP contribution in [0.1, 0.15) is 45.1 Å². The van der Waals surface area contributed by atoms with Gasteiger partial charge in [0.2, 0.25) is 5.91 Å². The van der Waals surface area contributed by atoms with Crippen LogP contribution in [0.5, 0.6) is 0 Å². The smallest absolute Gasteiger partial charge is 0.248 e. The third kappa shape index (κ3) is 4.31. The van der Waals surface area contributed by atoms with Crippen LogP contribution in [0, 0.1) is 0 Å². The Kier molecular flexibility index (Phi) is 6.07. The molecule has 1 aromatic rings. The van der Waals surface area contributed by atoms with Crippen LogP contribution in [0.25, 0.3) is 0 Å². The fraction of sp³-hybridized carbons (Fsp3) is 0.579. The number of thioether (sulfide) groups is 1. The lowest BCUT2D eigenvalue weighted by atomic mass is 10.1. The lowest BCUT2D eigenvalue weighted by Crippen LogP contribution is -2.37. The number of aryl methyl sites for hydroxylation is 1. The van der Waals surface area contributed by atoms with Crippen molar-refractivity contribution in [2.75, 3.05) is 16.4 Å². The molecule has 1 aromatic carbocycles. The van der Waals surface area contributed by atoms with Crippen molar-refractivity contribution in [2.45, 2.75) is 57.2 Å². The highest BCUT2D eigenvalue weighted by atomic mass is 32.2. The maximum atomic E-state index is 12.1. The first-order valence-electron chi connectivity index (χ1n) is 9.30. The van der Waals surface area contributed by atoms with Crippen LogP contribution in [0.2, 0.25) is 0 Å². The fourth-order valence-electron chi connectivity index (χ4n) is 3.45. The van der Waals surface area contributed by atoms with Gasteiger partial charge in [0.1, 0.15) is 0 Å². The SMILES string of the molecule is CCCCc1ccc(N2C(=NC(=O)CCC)S[C@H]3CS(=O)(=O)C[C@H]32)cc1. The van der Waals surface area contributed by atoms with Crippen LogP contribution < -0.4 is 4.90 Å². The third-order valence-corrected chi connectivity index (χ3v) is 7.99. The molecule has 5 nitrogen and oxygen atoms in total. The molecule has 0 unspecified atom stereocenters. The minimum absolute atomic E-state index is 0.0482. The van der Waals surface area contributed by atoms with E-state index in [-0.39, 0.29) is 28.7 Å². The van der Waals surface area contributed by atoms with E-state index in [1.54, 1.807) is 0 Å². The minimum atomic E-state index is -3.03. The number of anilines is 1. The monoisotopic (exact) mass is 394 g/mol. The number of carbonyl (C=O) groups is 1. The molecule has 2 fully saturated rings. The number of hydrogen-bond acceptors (Lipinski definition) is 4. The van der Waals surface area contributed by atoms with Crippen LogP contribution in [-0.2, 0) is 21.1 Å². The molecule has 2 heterocycles. The van der Waals surface area contributed by atoms with E-state index < -0.39 is 9.84 Å². The fourth-order valence-corrected chi connectivity index (χ4v) is 7.38. The van der Waals surface area contributed by atoms with Crippen molar-refractivity contribution in [3.63, 3.8) is 0 Å². The summed E-state index contributed by atoms with van der Waals surface area (Å²) < 4.78 is 24.2. The van der Waals surface area contributed by atoms with E-state index in [1.165, 1.54) is 17.3 Å². The van der Waals surface area contributed by atoms with Crippen molar-refractivity contribution in [3.05, 3.63) is 29.8 Å². The van der Waals surface area contributed by atoms with E-state index in [4.69, 9.17) is 0 Å². The normalized spacial score (nSPS) is 25.6. The number of rotatable bonds is 6. The molecular weight excluding hydrogens is 368 g/mol. The highest BCUT2D eigenvalue weighted by molar-refractivity contribution is 8.16. The Morgan fingerprint density at radius 1 is 1.19 bits per heavy atom. The summed E-state index contributed by atoms with van der Waals surface area (Å²) in [4.78, 5) is 18.3. The lowest BCUT2D eigenvalue weighted by Gasteiger charge is -2.24. The van der Waals surface area contributed by atoms with Gasteiger partial charge in [0.15, 0.2) is 15.0 Å². The van der Waals surface area contributed by atoms with Gasteiger partial charge >= 0.3 is 0 Å². The Hall–Kier alpha value is -1.34. The van der Waals surface area contributed by atoms with Gasteiger partial charge in [0, 0.05) is 17.4 Å². The maximum absolute atomic E-state index is 12.1. The maximum Gasteiger partial charge on any atom is 0.248 e. The molecule has 7 heteroatoms. The van der Waals surface area contributed by atoms with Gasteiger partial charge in [0.05, 0.1) is 17.5 Å². The Morgan fingerprint density at radius 2 is 1.92 bits per heavy atom. The topological polar surface area (TPSA) is 66.8 Å². The van der Waals surface area contributed by atoms with Crippen LogP contribution in [0.4, 0.5) is 5.69 Å². The Bertz CT molecular complexity index is 788. The van der Waals surface area contributed by atoms with E-state index >= 15 is 0 Å². The van der Waals surface area contributed by atoms with E-state index in [0.717, 1.165) is 31.4 Å². The van der Waals surface area contributed by atoms with Gasteiger partial charge < -0.3 is 4.90 Å². The summed E-state index contributed by atoms with van der Waals surface area (Å²) >= 11 is 1.43. The molecule has 0 saturated carbocycles. The van der Waals surface area contributed by atoms with Crippen molar-refractivity contribution in [3.8, 4) is 0 Å². The van der Waals surface area contributed by atoms with Crippen molar-refractivity contribution >= 4 is 38.4 Å². The molecule has 0 N–H and O–H groups in total. The molecule has 1 amide bonds. The number of nitrogens with zero attached hydrogens (tertiary/aromatic N) is 2. The van der Waals surface area contributed by atoms with Crippen molar-refractivity contribution in [1.82, 2.24) is 0 Å². The molecule has 2 aliphatic heterocycles. The number of benzene rings is 1. The van der Waals surface area contributed by atoms with E-state index in [0.29, 0.717) is 11.6 Å². The largest absolute Gasteiger partial charge is 0.316 e. The lowest BCUT2D eigenvalue weighted by molar-refractivity contribution is -0.117. The number of aliphatic imine (C=N–C) groups is 1. The first-order chi connectivity index (χ1) is 12.4. The summed E-state index contributed by atoms with van der Waals surface area (Å²) in [7, 11) is -3.03. The van der Waals surface area contributed by atoms with Crippen molar-refractivity contribution in [2.24, 2.45) is 4.99 Å². The second-order valence-electron chi connectivity index (χ2n) is 6.98. The average molecular weight is 395 g/mol. The van der Waals surface area contributed by atoms with Gasteiger partial charge in [-0.2, -0.15) is 4.99 Å². The molecule has 2 saturated heterocycles. The molecule has 0 bridgehead atoms. The predicted molar refractivity (Wildman–Crippen MR) is 109 cm³/mol. The summed E-state index contributed by atoms with van der Waals surface area (Å²) in [6.07, 6.45) is 4.53. The molecule has 0 spiro atoms. The van der Waals surface area contributed by atoms with Gasteiger partial charge in [-0.05, 0) is 37.0 Å². The van der Waals surface area contributed by atoms with E-state index in [1.807, 2.05) is 24.0 Å². The highest BCUT2D eigenvalue weighted by Gasteiger charge is 2.49. The highest BCUT2D eigenvalue weighted by Crippen LogP contribution is 2.41. The standard InChI is InChI=1S/C19H26N2O3S2/c1-3-5-7-14-8-10-15(11-9-14)21-16-12-26(23,24)13-17(16)25-19(21)20-18(22)6-4-2/h8-11,16-17H,3-7,12-13H2,1-2H3/t16-,17+/m1/s1. The Morgan fingerprint density at radius 3 is 2.58 bits per heavy atom. The molecule has 142 valence electrons. The zero-order valence-electron chi connectivity index (χ0n) is 15.3. The number of sulfone groups is 1. The molecular formula is C19H26N2O3S2. The van der Waals surface area contributed by atoms with Gasteiger partial charge in [-0.25, -0.2) is 8.42 Å². The number of unbranched alkanes of at least 4 members (excludes halogenated alkanes) is 1. The number of hydrogen-bond donors (Lipinski definition) is 0. The zero-order valence-corrected chi connectivity index (χ0v) is 17.0. The second-order valence-corrected chi connectivity index (χ2v) is 10.3. The van der Waals surface area contributed by atoms with Gasteiger partial charge in [-0.3, -0.25) is 4.79 Å². The van der Waals surface area contributed by atoms with Crippen LogP contribution in [0.3, 0.4) is 0 Å². The molecule has 26 heavy (non-hydrogen) atoms. The molecule has 0 aromatic heterocycles. The summed E-state index contributed by atoms with van der Waals surface area (Å²) in [6, 6.07) is 8.10. The van der Waals surface area contributed by atoms with Crippen LogP contribution in [-0.4, -0.2) is 42.3 Å². The number of fused-ring (bicyclic) bond motifs is 1. The van der Waals surface area contributed by atoms with E-state index in [9.17, 15) is 13.2 Å². The first kappa shape index (κ1) is 19.4. The number of carbonyl (C=O) groups excluding carboxylic acids is 1. The zero-order chi connectivity index (χ0) is 18.7. The summed E-state index contributed by atoms with van der Waals surface area (Å²) in [5.74, 6) is 0.153. The van der Waals surface area contributed by atoms with Gasteiger partial charge in [-0.1, -0.05) is 44.2 Å². The Balaban J connectivity index is 1.89. The summed E-state index contributed by atoms with van der Waals surface area (Å²) in [6.45, 7) is 4.13. The van der Waals surface area contributed by atoms with Gasteiger partial charge in [0.25, 0.3) is 0 Å². The molecule has 3 rings (SSSR count). The number of amides is 1. The third-order valence-electron chi connectivity index (χ3n) is 4.78. The first-order valence-corrected chi connectivity index (χ1v) is 12.0. The summed E-state index contributed by atoms with van der Waals surface area (Å²) in [5.41, 5.74) is 2.20. The van der Waals surface area contributed by atoms with Gasteiger partial charge in [-0.15, -0.1) is 0 Å². The van der Waals surface area contributed by atoms with E-state index in [2.05, 4.69) is 24.0 Å². The Labute approximate surface area is 160 Å². The molecule has 2 aliphatic rings. The predicted octanol–water partition coefficient (Wildman–Crippen LogP) is 3.43. The molecule has 0 aliphatic carbocycles. The van der Waals surface area contributed by atoms with Crippen LogP contribution >= 0.6 is 11.8 Å². The average Bonchev–Trinajstić information content (AvgIpc) is 3.04. The number of amidine groups is 1. The van der Waals surface area contributed by atoms with Crippen LogP contribution in [0.15, 0.2) is 29.3 Å². The molecule has 0 radical (unpaired) electrons.